The smallest absolute Gasteiger partial charge is 0.243 e. The highest BCUT2D eigenvalue weighted by Crippen LogP contribution is 2.29. The molecule has 0 radical (unpaired) electrons. The van der Waals surface area contributed by atoms with Crippen molar-refractivity contribution in [1.82, 2.24) is 14.5 Å². The highest BCUT2D eigenvalue weighted by Gasteiger charge is 2.30. The molecule has 3 rings (SSSR count). The second-order valence-corrected chi connectivity index (χ2v) is 9.78. The van der Waals surface area contributed by atoms with Gasteiger partial charge in [-0.15, -0.1) is 10.2 Å². The predicted octanol–water partition coefficient (Wildman–Crippen LogP) is 3.48. The minimum atomic E-state index is -3.58. The molecular formula is C15H18Cl2N4O2S2. The van der Waals surface area contributed by atoms with Crippen LogP contribution >= 0.6 is 34.5 Å². The van der Waals surface area contributed by atoms with Gasteiger partial charge in [0.05, 0.1) is 14.9 Å². The van der Waals surface area contributed by atoms with Crippen LogP contribution in [0.2, 0.25) is 10.0 Å². The van der Waals surface area contributed by atoms with Crippen LogP contribution in [0.25, 0.3) is 0 Å². The average Bonchev–Trinajstić information content (AvgIpc) is 3.08. The van der Waals surface area contributed by atoms with Crippen LogP contribution in [-0.4, -0.2) is 49.1 Å². The van der Waals surface area contributed by atoms with Crippen molar-refractivity contribution in [3.8, 4) is 0 Å². The number of rotatable bonds is 4. The molecule has 1 aromatic carbocycles. The molecule has 1 aromatic heterocycles. The molecule has 0 saturated carbocycles. The van der Waals surface area contributed by atoms with Gasteiger partial charge < -0.3 is 4.90 Å². The summed E-state index contributed by atoms with van der Waals surface area (Å²) >= 11 is 13.4. The topological polar surface area (TPSA) is 66.4 Å². The van der Waals surface area contributed by atoms with E-state index in [2.05, 4.69) is 28.9 Å². The number of sulfonamides is 1. The van der Waals surface area contributed by atoms with Crippen LogP contribution in [0.3, 0.4) is 0 Å². The van der Waals surface area contributed by atoms with Gasteiger partial charge in [-0.2, -0.15) is 4.31 Å². The van der Waals surface area contributed by atoms with E-state index in [1.807, 2.05) is 0 Å². The Hall–Kier alpha value is -0.930. The van der Waals surface area contributed by atoms with E-state index in [0.29, 0.717) is 37.1 Å². The van der Waals surface area contributed by atoms with Crippen molar-refractivity contribution in [2.75, 3.05) is 31.1 Å². The SMILES string of the molecule is CC(C)c1nnc(N2CCN(S(=O)(=O)c3ccc(Cl)c(Cl)c3)CC2)s1. The van der Waals surface area contributed by atoms with E-state index in [1.54, 1.807) is 11.3 Å². The molecule has 0 N–H and O–H groups in total. The van der Waals surface area contributed by atoms with Gasteiger partial charge >= 0.3 is 0 Å². The molecule has 0 atom stereocenters. The van der Waals surface area contributed by atoms with Crippen LogP contribution in [0.5, 0.6) is 0 Å². The van der Waals surface area contributed by atoms with Crippen LogP contribution in [0.1, 0.15) is 24.8 Å². The summed E-state index contributed by atoms with van der Waals surface area (Å²) in [6.45, 7) is 6.08. The summed E-state index contributed by atoms with van der Waals surface area (Å²) in [6.07, 6.45) is 0. The number of aromatic nitrogens is 2. The largest absolute Gasteiger partial charge is 0.344 e. The number of halogens is 2. The number of nitrogens with zero attached hydrogens (tertiary/aromatic N) is 4. The fourth-order valence-electron chi connectivity index (χ4n) is 2.49. The molecule has 136 valence electrons. The van der Waals surface area contributed by atoms with E-state index >= 15 is 0 Å². The van der Waals surface area contributed by atoms with Crippen molar-refractivity contribution in [3.63, 3.8) is 0 Å². The van der Waals surface area contributed by atoms with Gasteiger partial charge in [0, 0.05) is 32.1 Å². The molecule has 1 aliphatic heterocycles. The highest BCUT2D eigenvalue weighted by atomic mass is 35.5. The lowest BCUT2D eigenvalue weighted by atomic mass is 10.2. The van der Waals surface area contributed by atoms with Gasteiger partial charge in [-0.25, -0.2) is 8.42 Å². The second-order valence-electron chi connectivity index (χ2n) is 6.04. The number of hydrogen-bond acceptors (Lipinski definition) is 6. The molecule has 0 amide bonds. The van der Waals surface area contributed by atoms with Gasteiger partial charge in [0.1, 0.15) is 5.01 Å². The minimum absolute atomic E-state index is 0.161. The molecule has 2 heterocycles. The van der Waals surface area contributed by atoms with Crippen LogP contribution in [0.15, 0.2) is 23.1 Å². The molecule has 2 aromatic rings. The first-order chi connectivity index (χ1) is 11.8. The van der Waals surface area contributed by atoms with Gasteiger partial charge in [0.25, 0.3) is 0 Å². The third-order valence-electron chi connectivity index (χ3n) is 3.96. The summed E-state index contributed by atoms with van der Waals surface area (Å²) in [5.41, 5.74) is 0. The molecule has 25 heavy (non-hydrogen) atoms. The molecule has 1 fully saturated rings. The fraction of sp³-hybridized carbons (Fsp3) is 0.467. The monoisotopic (exact) mass is 420 g/mol. The van der Waals surface area contributed by atoms with Gasteiger partial charge in [-0.05, 0) is 18.2 Å². The number of anilines is 1. The fourth-order valence-corrected chi connectivity index (χ4v) is 5.20. The molecule has 0 bridgehead atoms. The van der Waals surface area contributed by atoms with Crippen molar-refractivity contribution >= 4 is 49.7 Å². The Labute approximate surface area is 161 Å². The first kappa shape index (κ1) is 18.8. The summed E-state index contributed by atoms with van der Waals surface area (Å²) in [4.78, 5) is 2.23. The average molecular weight is 421 g/mol. The molecular weight excluding hydrogens is 403 g/mol. The third kappa shape index (κ3) is 3.93. The molecule has 0 unspecified atom stereocenters. The van der Waals surface area contributed by atoms with Crippen molar-refractivity contribution in [3.05, 3.63) is 33.3 Å². The minimum Gasteiger partial charge on any atom is -0.344 e. The number of piperazine rings is 1. The lowest BCUT2D eigenvalue weighted by Gasteiger charge is -2.33. The van der Waals surface area contributed by atoms with E-state index in [1.165, 1.54) is 22.5 Å². The quantitative estimate of drug-likeness (QED) is 0.756. The van der Waals surface area contributed by atoms with Crippen LogP contribution in [0, 0.1) is 0 Å². The lowest BCUT2D eigenvalue weighted by Crippen LogP contribution is -2.48. The zero-order chi connectivity index (χ0) is 18.2. The summed E-state index contributed by atoms with van der Waals surface area (Å²) in [6, 6.07) is 4.38. The molecule has 6 nitrogen and oxygen atoms in total. The first-order valence-electron chi connectivity index (χ1n) is 7.82. The summed E-state index contributed by atoms with van der Waals surface area (Å²) in [5, 5.41) is 10.8. The molecule has 1 saturated heterocycles. The van der Waals surface area contributed by atoms with Crippen molar-refractivity contribution in [2.45, 2.75) is 24.7 Å². The van der Waals surface area contributed by atoms with E-state index < -0.39 is 10.0 Å². The maximum Gasteiger partial charge on any atom is 0.243 e. The maximum atomic E-state index is 12.8. The summed E-state index contributed by atoms with van der Waals surface area (Å²) < 4.78 is 27.0. The van der Waals surface area contributed by atoms with Crippen molar-refractivity contribution in [1.29, 1.82) is 0 Å². The molecule has 10 heteroatoms. The van der Waals surface area contributed by atoms with Gasteiger partial charge in [-0.1, -0.05) is 48.4 Å². The first-order valence-corrected chi connectivity index (χ1v) is 10.8. The molecule has 1 aliphatic rings. The Bertz CT molecular complexity index is 862. The van der Waals surface area contributed by atoms with E-state index in [4.69, 9.17) is 23.2 Å². The normalized spacial score (nSPS) is 16.6. The third-order valence-corrected chi connectivity index (χ3v) is 7.88. The van der Waals surface area contributed by atoms with Crippen LogP contribution in [0.4, 0.5) is 5.13 Å². The summed E-state index contributed by atoms with van der Waals surface area (Å²) in [5.74, 6) is 0.336. The van der Waals surface area contributed by atoms with E-state index in [0.717, 1.165) is 10.1 Å². The maximum absolute atomic E-state index is 12.8. The Kier molecular flexibility index (Phi) is 5.55. The van der Waals surface area contributed by atoms with Crippen LogP contribution in [-0.2, 0) is 10.0 Å². The zero-order valence-corrected chi connectivity index (χ0v) is 17.0. The van der Waals surface area contributed by atoms with Crippen LogP contribution < -0.4 is 4.90 Å². The zero-order valence-electron chi connectivity index (χ0n) is 13.8. The van der Waals surface area contributed by atoms with Crippen molar-refractivity contribution < 1.29 is 8.42 Å². The molecule has 0 spiro atoms. The standard InChI is InChI=1S/C15H18Cl2N4O2S2/c1-10(2)14-18-19-15(24-14)20-5-7-21(8-6-20)25(22,23)11-3-4-12(16)13(17)9-11/h3-4,9-10H,5-8H2,1-2H3. The van der Waals surface area contributed by atoms with E-state index in [-0.39, 0.29) is 9.92 Å². The Morgan fingerprint density at radius 1 is 1.08 bits per heavy atom. The predicted molar refractivity (Wildman–Crippen MR) is 101 cm³/mol. The lowest BCUT2D eigenvalue weighted by molar-refractivity contribution is 0.384. The number of benzene rings is 1. The number of hydrogen-bond donors (Lipinski definition) is 0. The van der Waals surface area contributed by atoms with E-state index in [9.17, 15) is 8.42 Å². The Balaban J connectivity index is 1.71. The second kappa shape index (κ2) is 7.36. The Morgan fingerprint density at radius 3 is 2.32 bits per heavy atom. The Morgan fingerprint density at radius 2 is 1.76 bits per heavy atom. The highest BCUT2D eigenvalue weighted by molar-refractivity contribution is 7.89. The van der Waals surface area contributed by atoms with Crippen molar-refractivity contribution in [2.24, 2.45) is 0 Å². The van der Waals surface area contributed by atoms with Gasteiger partial charge in [0.2, 0.25) is 15.2 Å². The summed E-state index contributed by atoms with van der Waals surface area (Å²) in [7, 11) is -3.58. The molecule has 0 aliphatic carbocycles. The van der Waals surface area contributed by atoms with Gasteiger partial charge in [0.15, 0.2) is 0 Å². The van der Waals surface area contributed by atoms with Gasteiger partial charge in [-0.3, -0.25) is 0 Å².